The van der Waals surface area contributed by atoms with Gasteiger partial charge < -0.3 is 5.73 Å². The molecule has 0 saturated carbocycles. The highest BCUT2D eigenvalue weighted by Crippen LogP contribution is 2.14. The topological polar surface area (TPSA) is 75.8 Å². The summed E-state index contributed by atoms with van der Waals surface area (Å²) in [7, 11) is -3.31. The Morgan fingerprint density at radius 2 is 2.00 bits per heavy atom. The zero-order chi connectivity index (χ0) is 10.9. The van der Waals surface area contributed by atoms with E-state index in [-0.39, 0.29) is 10.9 Å². The van der Waals surface area contributed by atoms with E-state index < -0.39 is 9.84 Å². The number of aliphatic imine (C=N–C) groups is 1. The summed E-state index contributed by atoms with van der Waals surface area (Å²) >= 11 is 0. The first-order valence-electron chi connectivity index (χ1n) is 5.10. The first-order valence-corrected chi connectivity index (χ1v) is 6.65. The highest BCUT2D eigenvalue weighted by atomic mass is 32.2. The lowest BCUT2D eigenvalue weighted by Gasteiger charge is -2.25. The van der Waals surface area contributed by atoms with Gasteiger partial charge in [0.25, 0.3) is 0 Å². The van der Waals surface area contributed by atoms with E-state index in [2.05, 4.69) is 9.89 Å². The molecule has 0 aromatic heterocycles. The number of nitrogens with two attached hydrogens (primary N) is 1. The van der Waals surface area contributed by atoms with Crippen LogP contribution in [0.25, 0.3) is 0 Å². The standard InChI is InChI=1S/C9H15N3O2S/c10-8-7-15(13,14)9(11-8)6-12-4-2-1-3-5-12/h7H,1-6,10H2. The smallest absolute Gasteiger partial charge is 0.218 e. The van der Waals surface area contributed by atoms with Crippen LogP contribution >= 0.6 is 0 Å². The van der Waals surface area contributed by atoms with Gasteiger partial charge in [-0.05, 0) is 25.9 Å². The predicted molar refractivity (Wildman–Crippen MR) is 58.9 cm³/mol. The maximum Gasteiger partial charge on any atom is 0.218 e. The van der Waals surface area contributed by atoms with Crippen molar-refractivity contribution in [1.82, 2.24) is 4.90 Å². The summed E-state index contributed by atoms with van der Waals surface area (Å²) in [5.41, 5.74) is 5.38. The largest absolute Gasteiger partial charge is 0.383 e. The van der Waals surface area contributed by atoms with Crippen molar-refractivity contribution in [1.29, 1.82) is 0 Å². The third kappa shape index (κ3) is 2.38. The van der Waals surface area contributed by atoms with E-state index in [9.17, 15) is 8.42 Å². The van der Waals surface area contributed by atoms with Crippen LogP contribution in [-0.4, -0.2) is 38.0 Å². The fourth-order valence-electron chi connectivity index (χ4n) is 1.90. The van der Waals surface area contributed by atoms with Gasteiger partial charge in [0.15, 0.2) is 5.04 Å². The quantitative estimate of drug-likeness (QED) is 0.726. The maximum atomic E-state index is 11.5. The van der Waals surface area contributed by atoms with E-state index in [1.165, 1.54) is 6.42 Å². The molecule has 0 unspecified atom stereocenters. The van der Waals surface area contributed by atoms with Crippen LogP contribution < -0.4 is 5.73 Å². The van der Waals surface area contributed by atoms with Gasteiger partial charge in [0.05, 0.1) is 12.0 Å². The summed E-state index contributed by atoms with van der Waals surface area (Å²) in [5.74, 6) is 0.0991. The molecule has 2 heterocycles. The number of likely N-dealkylation sites (tertiary alicyclic amines) is 1. The molecule has 0 radical (unpaired) electrons. The van der Waals surface area contributed by atoms with Gasteiger partial charge in [-0.3, -0.25) is 4.90 Å². The maximum absolute atomic E-state index is 11.5. The number of hydrogen-bond donors (Lipinski definition) is 1. The summed E-state index contributed by atoms with van der Waals surface area (Å²) in [6.45, 7) is 2.31. The molecule has 6 heteroatoms. The van der Waals surface area contributed by atoms with E-state index in [4.69, 9.17) is 5.73 Å². The van der Waals surface area contributed by atoms with Crippen molar-refractivity contribution in [3.63, 3.8) is 0 Å². The lowest BCUT2D eigenvalue weighted by atomic mass is 10.1. The van der Waals surface area contributed by atoms with Crippen molar-refractivity contribution in [2.24, 2.45) is 10.7 Å². The second-order valence-electron chi connectivity index (χ2n) is 3.93. The second kappa shape index (κ2) is 3.94. The average molecular weight is 229 g/mol. The minimum atomic E-state index is -3.31. The van der Waals surface area contributed by atoms with Crippen LogP contribution in [0.4, 0.5) is 0 Å². The molecule has 0 aromatic rings. The Balaban J connectivity index is 2.04. The lowest BCUT2D eigenvalue weighted by Crippen LogP contribution is -2.36. The molecule has 0 spiro atoms. The van der Waals surface area contributed by atoms with Crippen LogP contribution in [0.2, 0.25) is 0 Å². The Kier molecular flexibility index (Phi) is 2.79. The monoisotopic (exact) mass is 229 g/mol. The van der Waals surface area contributed by atoms with Crippen LogP contribution in [0.1, 0.15) is 19.3 Å². The highest BCUT2D eigenvalue weighted by Gasteiger charge is 2.26. The third-order valence-electron chi connectivity index (χ3n) is 2.67. The average Bonchev–Trinajstić information content (AvgIpc) is 2.41. The molecule has 84 valence electrons. The van der Waals surface area contributed by atoms with Crippen molar-refractivity contribution in [2.45, 2.75) is 19.3 Å². The summed E-state index contributed by atoms with van der Waals surface area (Å²) in [5, 5.41) is 1.23. The van der Waals surface area contributed by atoms with Gasteiger partial charge in [0.2, 0.25) is 9.84 Å². The van der Waals surface area contributed by atoms with E-state index >= 15 is 0 Å². The van der Waals surface area contributed by atoms with Crippen molar-refractivity contribution in [3.8, 4) is 0 Å². The molecule has 0 aliphatic carbocycles. The van der Waals surface area contributed by atoms with Gasteiger partial charge >= 0.3 is 0 Å². The first kappa shape index (κ1) is 10.6. The van der Waals surface area contributed by atoms with Crippen LogP contribution in [0.5, 0.6) is 0 Å². The zero-order valence-electron chi connectivity index (χ0n) is 8.52. The molecular weight excluding hydrogens is 214 g/mol. The summed E-state index contributed by atoms with van der Waals surface area (Å²) in [6.07, 6.45) is 3.50. The Labute approximate surface area is 89.6 Å². The van der Waals surface area contributed by atoms with Gasteiger partial charge in [-0.25, -0.2) is 13.4 Å². The summed E-state index contributed by atoms with van der Waals surface area (Å²) < 4.78 is 23.1. The second-order valence-corrected chi connectivity index (χ2v) is 5.73. The zero-order valence-corrected chi connectivity index (χ0v) is 9.33. The molecule has 5 nitrogen and oxygen atoms in total. The molecule has 15 heavy (non-hydrogen) atoms. The minimum absolute atomic E-state index is 0.0991. The van der Waals surface area contributed by atoms with Crippen molar-refractivity contribution in [3.05, 3.63) is 11.2 Å². The van der Waals surface area contributed by atoms with E-state index in [1.807, 2.05) is 0 Å². The van der Waals surface area contributed by atoms with Crippen molar-refractivity contribution >= 4 is 14.9 Å². The van der Waals surface area contributed by atoms with Crippen molar-refractivity contribution < 1.29 is 8.42 Å². The molecular formula is C9H15N3O2S. The first-order chi connectivity index (χ1) is 7.08. The molecule has 0 bridgehead atoms. The lowest BCUT2D eigenvalue weighted by molar-refractivity contribution is 0.259. The van der Waals surface area contributed by atoms with Gasteiger partial charge in [-0.1, -0.05) is 6.42 Å². The van der Waals surface area contributed by atoms with Gasteiger partial charge in [-0.15, -0.1) is 0 Å². The third-order valence-corrected chi connectivity index (χ3v) is 4.09. The van der Waals surface area contributed by atoms with E-state index in [0.717, 1.165) is 31.3 Å². The van der Waals surface area contributed by atoms with Crippen molar-refractivity contribution in [2.75, 3.05) is 19.6 Å². The Hall–Kier alpha value is -0.880. The fraction of sp³-hybridized carbons (Fsp3) is 0.667. The van der Waals surface area contributed by atoms with Gasteiger partial charge in [0.1, 0.15) is 5.82 Å². The number of sulfone groups is 1. The summed E-state index contributed by atoms with van der Waals surface area (Å²) in [4.78, 5) is 5.98. The van der Waals surface area contributed by atoms with Crippen LogP contribution in [0.3, 0.4) is 0 Å². The highest BCUT2D eigenvalue weighted by molar-refractivity contribution is 8.09. The Morgan fingerprint density at radius 3 is 2.53 bits per heavy atom. The molecule has 0 amide bonds. The SMILES string of the molecule is NC1=CS(=O)(=O)C(CN2CCCCC2)=N1. The number of piperidine rings is 1. The molecule has 2 aliphatic rings. The molecule has 0 atom stereocenters. The Morgan fingerprint density at radius 1 is 1.33 bits per heavy atom. The fourth-order valence-corrected chi connectivity index (χ4v) is 3.00. The predicted octanol–water partition coefficient (Wildman–Crippen LogP) is 0.0568. The molecule has 1 saturated heterocycles. The van der Waals surface area contributed by atoms with E-state index in [0.29, 0.717) is 6.54 Å². The number of nitrogens with zero attached hydrogens (tertiary/aromatic N) is 2. The molecule has 2 rings (SSSR count). The molecule has 1 fully saturated rings. The van der Waals surface area contributed by atoms with Crippen LogP contribution in [-0.2, 0) is 9.84 Å². The van der Waals surface area contributed by atoms with Gasteiger partial charge in [0, 0.05) is 0 Å². The van der Waals surface area contributed by atoms with Crippen LogP contribution in [0, 0.1) is 0 Å². The molecule has 0 aromatic carbocycles. The normalized spacial score (nSPS) is 26.1. The number of rotatable bonds is 2. The van der Waals surface area contributed by atoms with E-state index in [1.54, 1.807) is 0 Å². The van der Waals surface area contributed by atoms with Crippen LogP contribution in [0.15, 0.2) is 16.2 Å². The molecule has 2 aliphatic heterocycles. The van der Waals surface area contributed by atoms with Gasteiger partial charge in [-0.2, -0.15) is 0 Å². The number of hydrogen-bond acceptors (Lipinski definition) is 5. The minimum Gasteiger partial charge on any atom is -0.383 e. The molecule has 2 N–H and O–H groups in total. The summed E-state index contributed by atoms with van der Waals surface area (Å²) in [6, 6.07) is 0. The Bertz CT molecular complexity index is 405.